The van der Waals surface area contributed by atoms with Gasteiger partial charge < -0.3 is 4.42 Å². The fraction of sp³-hybridized carbons (Fsp3) is 0.118. The number of benzene rings is 2. The molecule has 0 saturated heterocycles. The molecule has 0 unspecified atom stereocenters. The SMILES string of the molecule is Cc1ccc(S(=O)(=O)Cc2coc3ccc(Cl)cc3c2=O)cc1. The zero-order chi connectivity index (χ0) is 16.6. The monoisotopic (exact) mass is 348 g/mol. The highest BCUT2D eigenvalue weighted by atomic mass is 35.5. The number of halogens is 1. The van der Waals surface area contributed by atoms with Gasteiger partial charge in [0, 0.05) is 5.02 Å². The summed E-state index contributed by atoms with van der Waals surface area (Å²) in [6.45, 7) is 1.87. The predicted octanol–water partition coefficient (Wildman–Crippen LogP) is 3.73. The Hall–Kier alpha value is -2.11. The Morgan fingerprint density at radius 3 is 2.48 bits per heavy atom. The molecule has 118 valence electrons. The summed E-state index contributed by atoms with van der Waals surface area (Å²) in [6.07, 6.45) is 1.20. The number of fused-ring (bicyclic) bond motifs is 1. The van der Waals surface area contributed by atoms with E-state index < -0.39 is 15.6 Å². The second kappa shape index (κ2) is 5.83. The molecule has 0 aliphatic carbocycles. The second-order valence-corrected chi connectivity index (χ2v) is 7.73. The van der Waals surface area contributed by atoms with E-state index in [0.717, 1.165) is 5.56 Å². The molecule has 1 heterocycles. The standard InChI is InChI=1S/C17H13ClO4S/c1-11-2-5-14(6-3-11)23(20,21)10-12-9-22-16-7-4-13(18)8-15(16)17(12)19/h2-9H,10H2,1H3. The zero-order valence-corrected chi connectivity index (χ0v) is 13.8. The average molecular weight is 349 g/mol. The van der Waals surface area contributed by atoms with Crippen LogP contribution in [0.15, 0.2) is 62.8 Å². The van der Waals surface area contributed by atoms with Crippen molar-refractivity contribution in [2.75, 3.05) is 0 Å². The highest BCUT2D eigenvalue weighted by Gasteiger charge is 2.19. The van der Waals surface area contributed by atoms with Crippen molar-refractivity contribution in [3.8, 4) is 0 Å². The summed E-state index contributed by atoms with van der Waals surface area (Å²) in [5.74, 6) is -0.416. The minimum Gasteiger partial charge on any atom is -0.464 e. The Morgan fingerprint density at radius 1 is 1.09 bits per heavy atom. The van der Waals surface area contributed by atoms with E-state index >= 15 is 0 Å². The van der Waals surface area contributed by atoms with E-state index in [-0.39, 0.29) is 21.3 Å². The van der Waals surface area contributed by atoms with Crippen LogP contribution in [0.1, 0.15) is 11.1 Å². The largest absolute Gasteiger partial charge is 0.464 e. The van der Waals surface area contributed by atoms with Gasteiger partial charge in [-0.3, -0.25) is 4.79 Å². The van der Waals surface area contributed by atoms with Crippen molar-refractivity contribution in [3.63, 3.8) is 0 Å². The smallest absolute Gasteiger partial charge is 0.196 e. The predicted molar refractivity (Wildman–Crippen MR) is 89.6 cm³/mol. The number of rotatable bonds is 3. The molecule has 3 rings (SSSR count). The summed E-state index contributed by atoms with van der Waals surface area (Å²) in [5, 5.41) is 0.664. The van der Waals surface area contributed by atoms with Crippen LogP contribution in [0, 0.1) is 6.92 Å². The number of hydrogen-bond donors (Lipinski definition) is 0. The maximum atomic E-state index is 12.5. The highest BCUT2D eigenvalue weighted by molar-refractivity contribution is 7.90. The van der Waals surface area contributed by atoms with Crippen molar-refractivity contribution in [2.24, 2.45) is 0 Å². The Kier molecular flexibility index (Phi) is 4.00. The molecule has 0 spiro atoms. The van der Waals surface area contributed by atoms with Gasteiger partial charge in [-0.15, -0.1) is 0 Å². The Labute approximate surface area is 138 Å². The molecule has 4 nitrogen and oxygen atoms in total. The Bertz CT molecular complexity index is 1030. The van der Waals surface area contributed by atoms with Crippen LogP contribution >= 0.6 is 11.6 Å². The molecule has 0 radical (unpaired) electrons. The third kappa shape index (κ3) is 3.16. The first-order valence-electron chi connectivity index (χ1n) is 6.86. The van der Waals surface area contributed by atoms with Gasteiger partial charge in [-0.1, -0.05) is 29.3 Å². The molecule has 0 amide bonds. The van der Waals surface area contributed by atoms with E-state index in [1.807, 2.05) is 6.92 Å². The van der Waals surface area contributed by atoms with Crippen LogP contribution < -0.4 is 5.43 Å². The van der Waals surface area contributed by atoms with Gasteiger partial charge in [0.05, 0.1) is 27.9 Å². The van der Waals surface area contributed by atoms with Crippen molar-refractivity contribution in [2.45, 2.75) is 17.6 Å². The van der Waals surface area contributed by atoms with Crippen molar-refractivity contribution < 1.29 is 12.8 Å². The van der Waals surface area contributed by atoms with Crippen molar-refractivity contribution in [1.29, 1.82) is 0 Å². The van der Waals surface area contributed by atoms with E-state index in [4.69, 9.17) is 16.0 Å². The lowest BCUT2D eigenvalue weighted by Crippen LogP contribution is -2.14. The van der Waals surface area contributed by atoms with E-state index in [1.165, 1.54) is 24.5 Å². The van der Waals surface area contributed by atoms with Crippen LogP contribution in [-0.4, -0.2) is 8.42 Å². The summed E-state index contributed by atoms with van der Waals surface area (Å²) in [7, 11) is -3.62. The summed E-state index contributed by atoms with van der Waals surface area (Å²) in [4.78, 5) is 12.6. The molecular formula is C17H13ClO4S. The summed E-state index contributed by atoms with van der Waals surface area (Å²) in [5.41, 5.74) is 1.03. The number of aryl methyl sites for hydroxylation is 1. The number of hydrogen-bond acceptors (Lipinski definition) is 4. The molecule has 3 aromatic rings. The average Bonchev–Trinajstić information content (AvgIpc) is 2.51. The summed E-state index contributed by atoms with van der Waals surface area (Å²) >= 11 is 5.89. The van der Waals surface area contributed by atoms with E-state index in [2.05, 4.69) is 0 Å². The molecule has 0 fully saturated rings. The molecule has 6 heteroatoms. The van der Waals surface area contributed by atoms with Gasteiger partial charge in [0.25, 0.3) is 0 Å². The summed E-state index contributed by atoms with van der Waals surface area (Å²) < 4.78 is 30.3. The fourth-order valence-corrected chi connectivity index (χ4v) is 3.77. The zero-order valence-electron chi connectivity index (χ0n) is 12.2. The maximum Gasteiger partial charge on any atom is 0.196 e. The molecule has 0 saturated carbocycles. The van der Waals surface area contributed by atoms with Crippen LogP contribution in [0.3, 0.4) is 0 Å². The van der Waals surface area contributed by atoms with E-state index in [9.17, 15) is 13.2 Å². The molecule has 23 heavy (non-hydrogen) atoms. The molecule has 0 atom stereocenters. The van der Waals surface area contributed by atoms with Gasteiger partial charge in [-0.2, -0.15) is 0 Å². The van der Waals surface area contributed by atoms with E-state index in [1.54, 1.807) is 24.3 Å². The Balaban J connectivity index is 2.06. The third-order valence-corrected chi connectivity index (χ3v) is 5.45. The number of sulfone groups is 1. The van der Waals surface area contributed by atoms with Gasteiger partial charge in [0.15, 0.2) is 15.3 Å². The lowest BCUT2D eigenvalue weighted by molar-refractivity contribution is 0.583. The van der Waals surface area contributed by atoms with Gasteiger partial charge >= 0.3 is 0 Å². The van der Waals surface area contributed by atoms with Crippen molar-refractivity contribution in [1.82, 2.24) is 0 Å². The molecule has 0 bridgehead atoms. The summed E-state index contributed by atoms with van der Waals surface area (Å²) in [6, 6.07) is 11.2. The van der Waals surface area contributed by atoms with Crippen LogP contribution in [0.5, 0.6) is 0 Å². The lowest BCUT2D eigenvalue weighted by Gasteiger charge is -2.05. The fourth-order valence-electron chi connectivity index (χ4n) is 2.28. The first-order valence-corrected chi connectivity index (χ1v) is 8.89. The van der Waals surface area contributed by atoms with Gasteiger partial charge in [0.1, 0.15) is 5.58 Å². The first-order chi connectivity index (χ1) is 10.9. The minimum absolute atomic E-state index is 0.0836. The van der Waals surface area contributed by atoms with Crippen LogP contribution in [0.4, 0.5) is 0 Å². The molecule has 0 aliphatic heterocycles. The normalized spacial score (nSPS) is 11.7. The molecule has 1 aromatic heterocycles. The van der Waals surface area contributed by atoms with Crippen LogP contribution in [0.25, 0.3) is 11.0 Å². The lowest BCUT2D eigenvalue weighted by atomic mass is 10.2. The topological polar surface area (TPSA) is 64.3 Å². The van der Waals surface area contributed by atoms with Gasteiger partial charge in [0.2, 0.25) is 0 Å². The quantitative estimate of drug-likeness (QED) is 0.723. The van der Waals surface area contributed by atoms with Crippen LogP contribution in [-0.2, 0) is 15.6 Å². The maximum absolute atomic E-state index is 12.5. The second-order valence-electron chi connectivity index (χ2n) is 5.30. The van der Waals surface area contributed by atoms with Crippen LogP contribution in [0.2, 0.25) is 5.02 Å². The Morgan fingerprint density at radius 2 is 1.78 bits per heavy atom. The van der Waals surface area contributed by atoms with E-state index in [0.29, 0.717) is 10.6 Å². The minimum atomic E-state index is -3.62. The van der Waals surface area contributed by atoms with Gasteiger partial charge in [-0.05, 0) is 37.3 Å². The van der Waals surface area contributed by atoms with Crippen molar-refractivity contribution >= 4 is 32.4 Å². The molecule has 0 N–H and O–H groups in total. The van der Waals surface area contributed by atoms with Crippen molar-refractivity contribution in [3.05, 3.63) is 75.1 Å². The van der Waals surface area contributed by atoms with Gasteiger partial charge in [-0.25, -0.2) is 8.42 Å². The third-order valence-electron chi connectivity index (χ3n) is 3.53. The molecule has 0 aliphatic rings. The first kappa shape index (κ1) is 15.8. The highest BCUT2D eigenvalue weighted by Crippen LogP contribution is 2.20. The molecule has 2 aromatic carbocycles. The molecular weight excluding hydrogens is 336 g/mol.